The highest BCUT2D eigenvalue weighted by Gasteiger charge is 2.28. The van der Waals surface area contributed by atoms with E-state index in [9.17, 15) is 14.0 Å². The number of carbonyl (C=O) groups excluding carboxylic acids is 2. The first-order valence-corrected chi connectivity index (χ1v) is 5.51. The lowest BCUT2D eigenvalue weighted by Crippen LogP contribution is -2.34. The number of carbonyl (C=O) groups is 2. The highest BCUT2D eigenvalue weighted by molar-refractivity contribution is 5.97. The minimum atomic E-state index is -0.777. The molecule has 0 spiro atoms. The summed E-state index contributed by atoms with van der Waals surface area (Å²) in [6.45, 7) is 1.78. The van der Waals surface area contributed by atoms with E-state index in [1.165, 1.54) is 12.1 Å². The van der Waals surface area contributed by atoms with Crippen LogP contribution >= 0.6 is 0 Å². The second-order valence-corrected chi connectivity index (χ2v) is 3.74. The van der Waals surface area contributed by atoms with Crippen LogP contribution in [-0.2, 0) is 14.3 Å². The van der Waals surface area contributed by atoms with Gasteiger partial charge < -0.3 is 14.8 Å². The molecule has 1 aromatic carbocycles. The molecule has 1 N–H and O–H groups in total. The molecule has 1 aliphatic rings. The molecule has 0 saturated carbocycles. The maximum Gasteiger partial charge on any atom is 0.340 e. The lowest BCUT2D eigenvalue weighted by Gasteiger charge is -2.14. The number of esters is 2. The van der Waals surface area contributed by atoms with Gasteiger partial charge in [0.1, 0.15) is 12.4 Å². The molecule has 0 amide bonds. The van der Waals surface area contributed by atoms with Gasteiger partial charge in [-0.25, -0.2) is 14.0 Å². The summed E-state index contributed by atoms with van der Waals surface area (Å²) in [5.41, 5.74) is 0.429. The first kappa shape index (κ1) is 12.3. The van der Waals surface area contributed by atoms with Crippen molar-refractivity contribution in [3.8, 4) is 0 Å². The van der Waals surface area contributed by atoms with Gasteiger partial charge in [0, 0.05) is 5.69 Å². The van der Waals surface area contributed by atoms with E-state index in [2.05, 4.69) is 5.32 Å². The van der Waals surface area contributed by atoms with Crippen LogP contribution in [-0.4, -0.2) is 31.2 Å². The standard InChI is InChI=1S/C12H12FNO4/c1-2-17-12(16)10-6-18-11(15)8-5-7(13)3-4-9(8)14-10/h3-5,10,14H,2,6H2,1H3. The number of hydrogen-bond donors (Lipinski definition) is 1. The van der Waals surface area contributed by atoms with E-state index >= 15 is 0 Å². The van der Waals surface area contributed by atoms with Gasteiger partial charge in [0.2, 0.25) is 0 Å². The van der Waals surface area contributed by atoms with Gasteiger partial charge in [-0.2, -0.15) is 0 Å². The average molecular weight is 253 g/mol. The summed E-state index contributed by atoms with van der Waals surface area (Å²) in [5, 5.41) is 2.81. The Morgan fingerprint density at radius 2 is 2.39 bits per heavy atom. The van der Waals surface area contributed by atoms with Gasteiger partial charge in [-0.15, -0.1) is 0 Å². The SMILES string of the molecule is CCOC(=O)C1COC(=O)c2cc(F)ccc2N1. The molecule has 1 atom stereocenters. The smallest absolute Gasteiger partial charge is 0.340 e. The summed E-state index contributed by atoms with van der Waals surface area (Å²) in [6, 6.07) is 2.88. The van der Waals surface area contributed by atoms with Gasteiger partial charge in [0.15, 0.2) is 6.04 Å². The van der Waals surface area contributed by atoms with Gasteiger partial charge in [0.05, 0.1) is 12.2 Å². The van der Waals surface area contributed by atoms with E-state index in [0.29, 0.717) is 5.69 Å². The highest BCUT2D eigenvalue weighted by Crippen LogP contribution is 2.22. The molecular formula is C12H12FNO4. The Kier molecular flexibility index (Phi) is 3.45. The average Bonchev–Trinajstić information content (AvgIpc) is 2.50. The first-order valence-electron chi connectivity index (χ1n) is 5.51. The van der Waals surface area contributed by atoms with Crippen molar-refractivity contribution in [3.63, 3.8) is 0 Å². The molecule has 6 heteroatoms. The monoisotopic (exact) mass is 253 g/mol. The second kappa shape index (κ2) is 5.03. The molecule has 1 aromatic rings. The van der Waals surface area contributed by atoms with Crippen molar-refractivity contribution in [1.29, 1.82) is 0 Å². The maximum absolute atomic E-state index is 13.0. The van der Waals surface area contributed by atoms with Gasteiger partial charge in [-0.1, -0.05) is 0 Å². The van der Waals surface area contributed by atoms with Crippen LogP contribution in [0.5, 0.6) is 0 Å². The summed E-state index contributed by atoms with van der Waals surface area (Å²) in [4.78, 5) is 23.2. The second-order valence-electron chi connectivity index (χ2n) is 3.74. The largest absolute Gasteiger partial charge is 0.464 e. The number of rotatable bonds is 2. The molecular weight excluding hydrogens is 241 g/mol. The number of anilines is 1. The fourth-order valence-electron chi connectivity index (χ4n) is 1.65. The zero-order valence-electron chi connectivity index (χ0n) is 9.73. The van der Waals surface area contributed by atoms with Gasteiger partial charge in [0.25, 0.3) is 0 Å². The van der Waals surface area contributed by atoms with Crippen LogP contribution in [0.15, 0.2) is 18.2 Å². The van der Waals surface area contributed by atoms with Crippen LogP contribution in [0.3, 0.4) is 0 Å². The number of ether oxygens (including phenoxy) is 2. The number of halogens is 1. The topological polar surface area (TPSA) is 64.6 Å². The van der Waals surface area contributed by atoms with Crippen LogP contribution in [0.25, 0.3) is 0 Å². The quantitative estimate of drug-likeness (QED) is 0.806. The third kappa shape index (κ3) is 2.42. The fraction of sp³-hybridized carbons (Fsp3) is 0.333. The molecule has 0 aromatic heterocycles. The van der Waals surface area contributed by atoms with E-state index in [-0.39, 0.29) is 18.8 Å². The summed E-state index contributed by atoms with van der Waals surface area (Å²) >= 11 is 0. The molecule has 1 unspecified atom stereocenters. The van der Waals surface area contributed by atoms with Crippen LogP contribution in [0.4, 0.5) is 10.1 Å². The predicted octanol–water partition coefficient (Wildman–Crippen LogP) is 1.34. The Morgan fingerprint density at radius 1 is 1.61 bits per heavy atom. The normalized spacial score (nSPS) is 18.1. The minimum absolute atomic E-state index is 0.0711. The molecule has 96 valence electrons. The molecule has 1 heterocycles. The molecule has 0 radical (unpaired) electrons. The van der Waals surface area contributed by atoms with Crippen LogP contribution in [0.1, 0.15) is 17.3 Å². The summed E-state index contributed by atoms with van der Waals surface area (Å²) in [5.74, 6) is -1.71. The third-order valence-electron chi connectivity index (χ3n) is 2.48. The summed E-state index contributed by atoms with van der Waals surface area (Å²) in [7, 11) is 0. The van der Waals surface area contributed by atoms with Crippen LogP contribution < -0.4 is 5.32 Å². The van der Waals surface area contributed by atoms with Crippen molar-refractivity contribution in [2.75, 3.05) is 18.5 Å². The lowest BCUT2D eigenvalue weighted by atomic mass is 10.1. The Balaban J connectivity index is 2.27. The van der Waals surface area contributed by atoms with E-state index in [4.69, 9.17) is 9.47 Å². The first-order chi connectivity index (χ1) is 8.61. The molecule has 0 aliphatic carbocycles. The highest BCUT2D eigenvalue weighted by atomic mass is 19.1. The zero-order valence-corrected chi connectivity index (χ0v) is 9.73. The lowest BCUT2D eigenvalue weighted by molar-refractivity contribution is -0.144. The third-order valence-corrected chi connectivity index (χ3v) is 2.48. The fourth-order valence-corrected chi connectivity index (χ4v) is 1.65. The van der Waals surface area contributed by atoms with Crippen molar-refractivity contribution < 1.29 is 23.5 Å². The Bertz CT molecular complexity index is 489. The Morgan fingerprint density at radius 3 is 3.11 bits per heavy atom. The summed E-state index contributed by atoms with van der Waals surface area (Å²) < 4.78 is 22.8. The van der Waals surface area contributed by atoms with Gasteiger partial charge in [-0.05, 0) is 25.1 Å². The summed E-state index contributed by atoms with van der Waals surface area (Å²) in [6.07, 6.45) is 0. The molecule has 0 fully saturated rings. The molecule has 2 rings (SSSR count). The van der Waals surface area contributed by atoms with E-state index in [1.807, 2.05) is 0 Å². The van der Waals surface area contributed by atoms with Crippen molar-refractivity contribution in [3.05, 3.63) is 29.6 Å². The molecule has 0 bridgehead atoms. The van der Waals surface area contributed by atoms with E-state index in [0.717, 1.165) is 6.07 Å². The molecule has 5 nitrogen and oxygen atoms in total. The maximum atomic E-state index is 13.0. The van der Waals surface area contributed by atoms with Crippen LogP contribution in [0.2, 0.25) is 0 Å². The van der Waals surface area contributed by atoms with Crippen LogP contribution in [0, 0.1) is 5.82 Å². The molecule has 0 saturated heterocycles. The number of nitrogens with one attached hydrogen (secondary N) is 1. The molecule has 1 aliphatic heterocycles. The van der Waals surface area contributed by atoms with Crippen molar-refractivity contribution >= 4 is 17.6 Å². The van der Waals surface area contributed by atoms with E-state index in [1.54, 1.807) is 6.92 Å². The zero-order chi connectivity index (χ0) is 13.1. The Labute approximate surface area is 103 Å². The number of cyclic esters (lactones) is 1. The van der Waals surface area contributed by atoms with Crippen molar-refractivity contribution in [1.82, 2.24) is 0 Å². The molecule has 18 heavy (non-hydrogen) atoms. The predicted molar refractivity (Wildman–Crippen MR) is 60.7 cm³/mol. The number of hydrogen-bond acceptors (Lipinski definition) is 5. The Hall–Kier alpha value is -2.11. The number of fused-ring (bicyclic) bond motifs is 1. The van der Waals surface area contributed by atoms with Crippen molar-refractivity contribution in [2.24, 2.45) is 0 Å². The van der Waals surface area contributed by atoms with Gasteiger partial charge >= 0.3 is 11.9 Å². The minimum Gasteiger partial charge on any atom is -0.464 e. The number of benzene rings is 1. The van der Waals surface area contributed by atoms with Gasteiger partial charge in [-0.3, -0.25) is 0 Å². The van der Waals surface area contributed by atoms with E-state index < -0.39 is 23.8 Å². The van der Waals surface area contributed by atoms with Crippen molar-refractivity contribution in [2.45, 2.75) is 13.0 Å².